The van der Waals surface area contributed by atoms with Gasteiger partial charge in [-0.3, -0.25) is 14.4 Å². The highest BCUT2D eigenvalue weighted by atomic mass is 16.5. The SMILES string of the molecule is O=C1CC(C(=O)N2C[C@H]3CN(C(=O)c4occ5c4CCC5)C[C@H]3C2)CO1. The molecule has 0 spiro atoms. The molecule has 1 unspecified atom stereocenters. The average molecular weight is 358 g/mol. The molecule has 1 aliphatic carbocycles. The minimum Gasteiger partial charge on any atom is -0.465 e. The molecule has 1 aromatic heterocycles. The van der Waals surface area contributed by atoms with E-state index >= 15 is 0 Å². The minimum atomic E-state index is -0.329. The van der Waals surface area contributed by atoms with E-state index in [0.717, 1.165) is 24.8 Å². The summed E-state index contributed by atoms with van der Waals surface area (Å²) in [5, 5.41) is 0. The summed E-state index contributed by atoms with van der Waals surface area (Å²) in [7, 11) is 0. The number of rotatable bonds is 2. The maximum absolute atomic E-state index is 12.9. The molecule has 5 rings (SSSR count). The number of carbonyl (C=O) groups is 3. The van der Waals surface area contributed by atoms with Crippen molar-refractivity contribution in [1.29, 1.82) is 0 Å². The molecule has 3 saturated heterocycles. The second kappa shape index (κ2) is 5.86. The van der Waals surface area contributed by atoms with Crippen LogP contribution in [0.25, 0.3) is 0 Å². The van der Waals surface area contributed by atoms with Crippen molar-refractivity contribution in [3.63, 3.8) is 0 Å². The molecule has 7 heteroatoms. The number of hydrogen-bond donors (Lipinski definition) is 0. The van der Waals surface area contributed by atoms with Gasteiger partial charge in [-0.1, -0.05) is 0 Å². The molecule has 3 fully saturated rings. The van der Waals surface area contributed by atoms with Crippen molar-refractivity contribution >= 4 is 17.8 Å². The van der Waals surface area contributed by atoms with Crippen molar-refractivity contribution in [2.45, 2.75) is 25.7 Å². The maximum atomic E-state index is 12.9. The zero-order valence-electron chi connectivity index (χ0n) is 14.6. The second-order valence-electron chi connectivity index (χ2n) is 7.98. The van der Waals surface area contributed by atoms with E-state index in [9.17, 15) is 14.4 Å². The van der Waals surface area contributed by atoms with Crippen molar-refractivity contribution in [2.24, 2.45) is 17.8 Å². The van der Waals surface area contributed by atoms with Gasteiger partial charge in [-0.05, 0) is 24.8 Å². The van der Waals surface area contributed by atoms with Crippen LogP contribution in [-0.4, -0.2) is 60.4 Å². The third-order valence-electron chi connectivity index (χ3n) is 6.34. The predicted octanol–water partition coefficient (Wildman–Crippen LogP) is 0.862. The topological polar surface area (TPSA) is 80.1 Å². The van der Waals surface area contributed by atoms with Crippen LogP contribution in [0.15, 0.2) is 10.7 Å². The third kappa shape index (κ3) is 2.44. The summed E-state index contributed by atoms with van der Waals surface area (Å²) in [5.41, 5.74) is 2.27. The molecule has 0 bridgehead atoms. The highest BCUT2D eigenvalue weighted by Gasteiger charge is 2.46. The molecule has 0 saturated carbocycles. The number of fused-ring (bicyclic) bond motifs is 2. The van der Waals surface area contributed by atoms with E-state index in [1.165, 1.54) is 5.56 Å². The van der Waals surface area contributed by atoms with Crippen LogP contribution in [-0.2, 0) is 27.2 Å². The molecule has 1 aromatic rings. The van der Waals surface area contributed by atoms with Gasteiger partial charge in [0.25, 0.3) is 5.91 Å². The quantitative estimate of drug-likeness (QED) is 0.733. The molecule has 0 radical (unpaired) electrons. The van der Waals surface area contributed by atoms with E-state index in [1.54, 1.807) is 6.26 Å². The first-order valence-electron chi connectivity index (χ1n) is 9.43. The number of esters is 1. The summed E-state index contributed by atoms with van der Waals surface area (Å²) in [5.74, 6) is 0.539. The summed E-state index contributed by atoms with van der Waals surface area (Å²) < 4.78 is 10.5. The lowest BCUT2D eigenvalue weighted by Crippen LogP contribution is -2.38. The Labute approximate surface area is 151 Å². The number of cyclic esters (lactones) is 1. The summed E-state index contributed by atoms with van der Waals surface area (Å²) in [6, 6.07) is 0. The van der Waals surface area contributed by atoms with Gasteiger partial charge in [0, 0.05) is 43.6 Å². The monoisotopic (exact) mass is 358 g/mol. The van der Waals surface area contributed by atoms with E-state index in [4.69, 9.17) is 9.15 Å². The van der Waals surface area contributed by atoms with Crippen molar-refractivity contribution in [1.82, 2.24) is 9.80 Å². The number of nitrogens with zero attached hydrogens (tertiary/aromatic N) is 2. The van der Waals surface area contributed by atoms with Gasteiger partial charge in [0.15, 0.2) is 5.76 Å². The smallest absolute Gasteiger partial charge is 0.306 e. The first-order chi connectivity index (χ1) is 12.6. The molecule has 4 heterocycles. The van der Waals surface area contributed by atoms with Crippen LogP contribution in [0, 0.1) is 17.8 Å². The van der Waals surface area contributed by atoms with Gasteiger partial charge in [0.05, 0.1) is 18.6 Å². The lowest BCUT2D eigenvalue weighted by molar-refractivity contribution is -0.138. The van der Waals surface area contributed by atoms with Gasteiger partial charge in [-0.25, -0.2) is 0 Å². The van der Waals surface area contributed by atoms with E-state index in [0.29, 0.717) is 43.8 Å². The van der Waals surface area contributed by atoms with Gasteiger partial charge >= 0.3 is 5.97 Å². The van der Waals surface area contributed by atoms with Gasteiger partial charge < -0.3 is 19.0 Å². The Balaban J connectivity index is 1.22. The fourth-order valence-electron chi connectivity index (χ4n) is 4.95. The molecule has 138 valence electrons. The summed E-state index contributed by atoms with van der Waals surface area (Å²) >= 11 is 0. The summed E-state index contributed by atoms with van der Waals surface area (Å²) in [6.07, 6.45) is 4.95. The van der Waals surface area contributed by atoms with Crippen LogP contribution in [0.4, 0.5) is 0 Å². The van der Waals surface area contributed by atoms with Crippen LogP contribution >= 0.6 is 0 Å². The van der Waals surface area contributed by atoms with Crippen LogP contribution in [0.1, 0.15) is 34.5 Å². The molecule has 3 aliphatic heterocycles. The van der Waals surface area contributed by atoms with E-state index in [1.807, 2.05) is 9.80 Å². The van der Waals surface area contributed by atoms with Crippen molar-refractivity contribution < 1.29 is 23.5 Å². The number of amides is 2. The number of ether oxygens (including phenoxy) is 1. The zero-order chi connectivity index (χ0) is 17.8. The van der Waals surface area contributed by atoms with E-state index < -0.39 is 0 Å². The average Bonchev–Trinajstić information content (AvgIpc) is 3.38. The lowest BCUT2D eigenvalue weighted by atomic mass is 10.0. The standard InChI is InChI=1S/C19H22N2O5/c22-16-4-12(10-25-16)18(23)20-5-13-7-21(8-14(13)6-20)19(24)17-15-3-1-2-11(15)9-26-17/h9,12-14H,1-8,10H2/t12?,13-,14+. The predicted molar refractivity (Wildman–Crippen MR) is 89.3 cm³/mol. The van der Waals surface area contributed by atoms with Crippen molar-refractivity contribution in [3.05, 3.63) is 23.2 Å². The van der Waals surface area contributed by atoms with Crippen LogP contribution in [0.5, 0.6) is 0 Å². The molecule has 2 amide bonds. The number of likely N-dealkylation sites (tertiary alicyclic amines) is 2. The molecule has 3 atom stereocenters. The van der Waals surface area contributed by atoms with Gasteiger partial charge in [-0.2, -0.15) is 0 Å². The largest absolute Gasteiger partial charge is 0.465 e. The molecular formula is C19H22N2O5. The summed E-state index contributed by atoms with van der Waals surface area (Å²) in [4.78, 5) is 40.4. The van der Waals surface area contributed by atoms with Crippen LogP contribution in [0.3, 0.4) is 0 Å². The Kier molecular flexibility index (Phi) is 3.58. The molecule has 7 nitrogen and oxygen atoms in total. The van der Waals surface area contributed by atoms with Crippen molar-refractivity contribution in [3.8, 4) is 0 Å². The molecular weight excluding hydrogens is 336 g/mol. The molecule has 26 heavy (non-hydrogen) atoms. The van der Waals surface area contributed by atoms with Crippen LogP contribution < -0.4 is 0 Å². The van der Waals surface area contributed by atoms with Gasteiger partial charge in [0.1, 0.15) is 6.61 Å². The maximum Gasteiger partial charge on any atom is 0.306 e. The van der Waals surface area contributed by atoms with Crippen LogP contribution in [0.2, 0.25) is 0 Å². The van der Waals surface area contributed by atoms with E-state index in [-0.39, 0.29) is 36.7 Å². The fourth-order valence-corrected chi connectivity index (χ4v) is 4.95. The number of hydrogen-bond acceptors (Lipinski definition) is 5. The Morgan fingerprint density at radius 2 is 1.77 bits per heavy atom. The first kappa shape index (κ1) is 15.9. The fraction of sp³-hybridized carbons (Fsp3) is 0.632. The first-order valence-corrected chi connectivity index (χ1v) is 9.43. The van der Waals surface area contributed by atoms with Gasteiger partial charge in [-0.15, -0.1) is 0 Å². The number of furan rings is 1. The lowest BCUT2D eigenvalue weighted by Gasteiger charge is -2.23. The molecule has 0 aromatic carbocycles. The Morgan fingerprint density at radius 1 is 1.04 bits per heavy atom. The molecule has 0 N–H and O–H groups in total. The minimum absolute atomic E-state index is 0.00443. The second-order valence-corrected chi connectivity index (χ2v) is 7.98. The zero-order valence-corrected chi connectivity index (χ0v) is 14.6. The number of carbonyl (C=O) groups excluding carboxylic acids is 3. The highest BCUT2D eigenvalue weighted by molar-refractivity contribution is 5.94. The Bertz CT molecular complexity index is 771. The Hall–Kier alpha value is -2.31. The third-order valence-corrected chi connectivity index (χ3v) is 6.34. The summed E-state index contributed by atoms with van der Waals surface area (Å²) in [6.45, 7) is 2.87. The normalized spacial score (nSPS) is 29.8. The molecule has 4 aliphatic rings. The Morgan fingerprint density at radius 3 is 2.46 bits per heavy atom. The highest BCUT2D eigenvalue weighted by Crippen LogP contribution is 2.35. The van der Waals surface area contributed by atoms with Gasteiger partial charge in [0.2, 0.25) is 5.91 Å². The number of aryl methyl sites for hydroxylation is 1. The van der Waals surface area contributed by atoms with E-state index in [2.05, 4.69) is 0 Å². The van der Waals surface area contributed by atoms with Crippen molar-refractivity contribution in [2.75, 3.05) is 32.8 Å².